The van der Waals surface area contributed by atoms with Crippen LogP contribution in [0.15, 0.2) is 30.3 Å². The van der Waals surface area contributed by atoms with Crippen LogP contribution in [0.3, 0.4) is 0 Å². The lowest BCUT2D eigenvalue weighted by Gasteiger charge is -2.15. The van der Waals surface area contributed by atoms with E-state index in [-0.39, 0.29) is 0 Å². The first kappa shape index (κ1) is 6.69. The minimum absolute atomic E-state index is 0.405. The van der Waals surface area contributed by atoms with E-state index in [1.807, 2.05) is 0 Å². The van der Waals surface area contributed by atoms with E-state index < -0.39 is 8.38 Å². The second-order valence-corrected chi connectivity index (χ2v) is 2.81. The fourth-order valence-electron chi connectivity index (χ4n) is 0.574. The maximum absolute atomic E-state index is 10.3. The average molecular weight is 141 g/mol. The Labute approximate surface area is 54.7 Å². The second-order valence-electron chi connectivity index (χ2n) is 1.65. The summed E-state index contributed by atoms with van der Waals surface area (Å²) in [6.07, 6.45) is 0. The van der Waals surface area contributed by atoms with Crippen LogP contribution < -0.4 is 15.1 Å². The van der Waals surface area contributed by atoms with Crippen molar-refractivity contribution in [1.82, 2.24) is 0 Å². The van der Waals surface area contributed by atoms with E-state index in [0.29, 0.717) is 5.30 Å². The molecule has 1 aromatic rings. The summed E-state index contributed by atoms with van der Waals surface area (Å²) >= 11 is 0. The lowest BCUT2D eigenvalue weighted by molar-refractivity contribution is -0.287. The van der Waals surface area contributed by atoms with Crippen molar-refractivity contribution in [3.63, 3.8) is 0 Å². The zero-order valence-electron chi connectivity index (χ0n) is 4.70. The number of benzene rings is 1. The highest BCUT2D eigenvalue weighted by atomic mass is 31.2. The van der Waals surface area contributed by atoms with Crippen molar-refractivity contribution >= 4 is 13.7 Å². The molecule has 48 valence electrons. The molecule has 9 heavy (non-hydrogen) atoms. The van der Waals surface area contributed by atoms with Gasteiger partial charge in [0.25, 0.3) is 0 Å². The Morgan fingerprint density at radius 1 is 1.00 bits per heavy atom. The minimum Gasteiger partial charge on any atom is -0.681 e. The van der Waals surface area contributed by atoms with Crippen LogP contribution in [0.5, 0.6) is 0 Å². The van der Waals surface area contributed by atoms with Gasteiger partial charge in [-0.1, -0.05) is 26.6 Å². The van der Waals surface area contributed by atoms with Crippen LogP contribution in [0.2, 0.25) is 0 Å². The molecule has 0 amide bonds. The van der Waals surface area contributed by atoms with Gasteiger partial charge < -0.3 is 9.79 Å². The van der Waals surface area contributed by atoms with E-state index in [2.05, 4.69) is 0 Å². The zero-order chi connectivity index (χ0) is 6.69. The topological polar surface area (TPSA) is 46.1 Å². The number of rotatable bonds is 1. The third-order valence-electron chi connectivity index (χ3n) is 1.01. The van der Waals surface area contributed by atoms with Gasteiger partial charge in [0.05, 0.1) is 5.30 Å². The Balaban J connectivity index is 2.85. The SMILES string of the molecule is [O-][PH+]([O-])c1ccccc1. The molecule has 0 saturated heterocycles. The van der Waals surface area contributed by atoms with E-state index in [9.17, 15) is 9.79 Å². The zero-order valence-corrected chi connectivity index (χ0v) is 5.70. The highest BCUT2D eigenvalue weighted by Gasteiger charge is 1.89. The Morgan fingerprint density at radius 2 is 1.56 bits per heavy atom. The summed E-state index contributed by atoms with van der Waals surface area (Å²) < 4.78 is 0. The Hall–Kier alpha value is -0.430. The number of hydrogen-bond acceptors (Lipinski definition) is 2. The Bertz CT molecular complexity index is 174. The van der Waals surface area contributed by atoms with Crippen molar-refractivity contribution in [1.29, 1.82) is 0 Å². The molecule has 2 nitrogen and oxygen atoms in total. The quantitative estimate of drug-likeness (QED) is 0.474. The van der Waals surface area contributed by atoms with Crippen molar-refractivity contribution in [3.05, 3.63) is 30.3 Å². The van der Waals surface area contributed by atoms with Crippen LogP contribution in [0.4, 0.5) is 0 Å². The molecule has 0 aliphatic rings. The van der Waals surface area contributed by atoms with Crippen molar-refractivity contribution in [3.8, 4) is 0 Å². The van der Waals surface area contributed by atoms with Crippen LogP contribution in [0, 0.1) is 0 Å². The van der Waals surface area contributed by atoms with Gasteiger partial charge in [-0.3, -0.25) is 0 Å². The molecule has 0 spiro atoms. The molecule has 3 heteroatoms. The first-order valence-corrected chi connectivity index (χ1v) is 3.89. The van der Waals surface area contributed by atoms with Crippen molar-refractivity contribution in [2.24, 2.45) is 0 Å². The molecule has 0 aromatic heterocycles. The predicted molar refractivity (Wildman–Crippen MR) is 34.4 cm³/mol. The van der Waals surface area contributed by atoms with Crippen molar-refractivity contribution in [2.45, 2.75) is 0 Å². The highest BCUT2D eigenvalue weighted by Crippen LogP contribution is 2.08. The van der Waals surface area contributed by atoms with Gasteiger partial charge in [-0.2, -0.15) is 0 Å². The van der Waals surface area contributed by atoms with Gasteiger partial charge in [-0.25, -0.2) is 0 Å². The van der Waals surface area contributed by atoms with Crippen LogP contribution in [-0.4, -0.2) is 0 Å². The molecule has 1 aromatic carbocycles. The van der Waals surface area contributed by atoms with E-state index in [0.717, 1.165) is 0 Å². The van der Waals surface area contributed by atoms with Gasteiger partial charge in [0.15, 0.2) is 0 Å². The molecule has 0 unspecified atom stereocenters. The fraction of sp³-hybridized carbons (Fsp3) is 0. The van der Waals surface area contributed by atoms with Gasteiger partial charge in [0.2, 0.25) is 0 Å². The summed E-state index contributed by atoms with van der Waals surface area (Å²) in [5, 5.41) is 0.405. The molecule has 0 saturated carbocycles. The fourth-order valence-corrected chi connectivity index (χ4v) is 1.04. The summed E-state index contributed by atoms with van der Waals surface area (Å²) in [5.41, 5.74) is 0. The van der Waals surface area contributed by atoms with Gasteiger partial charge >= 0.3 is 0 Å². The molecular formula is C6H6O2P-. The predicted octanol–water partition coefficient (Wildman–Crippen LogP) is -0.923. The summed E-state index contributed by atoms with van der Waals surface area (Å²) in [4.78, 5) is 20.6. The maximum Gasteiger partial charge on any atom is 0.0798 e. The molecule has 0 aliphatic carbocycles. The molecule has 0 bridgehead atoms. The van der Waals surface area contributed by atoms with E-state index >= 15 is 0 Å². The molecule has 0 heterocycles. The summed E-state index contributed by atoms with van der Waals surface area (Å²) in [5.74, 6) is 0. The summed E-state index contributed by atoms with van der Waals surface area (Å²) in [6, 6.07) is 8.35. The molecule has 0 N–H and O–H groups in total. The Kier molecular flexibility index (Phi) is 2.17. The van der Waals surface area contributed by atoms with Crippen LogP contribution in [0.1, 0.15) is 0 Å². The van der Waals surface area contributed by atoms with E-state index in [1.54, 1.807) is 30.3 Å². The molecule has 0 aliphatic heterocycles. The average Bonchev–Trinajstić information content (AvgIpc) is 1.90. The Morgan fingerprint density at radius 3 is 1.89 bits per heavy atom. The number of hydrogen-bond donors (Lipinski definition) is 0. The van der Waals surface area contributed by atoms with Gasteiger partial charge in [-0.15, -0.1) is 0 Å². The van der Waals surface area contributed by atoms with Gasteiger partial charge in [0.1, 0.15) is 0 Å². The first-order chi connectivity index (χ1) is 4.30. The standard InChI is InChI=1S/C6H6O2P/c7-9(8)6-4-2-1-3-5-6/h1-5,9H/q-1. The van der Waals surface area contributed by atoms with Crippen LogP contribution in [0.25, 0.3) is 0 Å². The molecule has 1 rings (SSSR count). The van der Waals surface area contributed by atoms with E-state index in [1.165, 1.54) is 0 Å². The minimum atomic E-state index is -2.71. The smallest absolute Gasteiger partial charge is 0.0798 e. The van der Waals surface area contributed by atoms with Crippen molar-refractivity contribution < 1.29 is 9.79 Å². The van der Waals surface area contributed by atoms with Gasteiger partial charge in [-0.05, 0) is 12.1 Å². The highest BCUT2D eigenvalue weighted by molar-refractivity contribution is 7.51. The largest absolute Gasteiger partial charge is 0.681 e. The summed E-state index contributed by atoms with van der Waals surface area (Å²) in [6.45, 7) is 0. The van der Waals surface area contributed by atoms with E-state index in [4.69, 9.17) is 0 Å². The van der Waals surface area contributed by atoms with Gasteiger partial charge in [0, 0.05) is 0 Å². The summed E-state index contributed by atoms with van der Waals surface area (Å²) in [7, 11) is -2.71. The molecule has 0 atom stereocenters. The normalized spacial score (nSPS) is 10.1. The molecular weight excluding hydrogens is 135 g/mol. The van der Waals surface area contributed by atoms with Crippen molar-refractivity contribution in [2.75, 3.05) is 0 Å². The lowest BCUT2D eigenvalue weighted by Crippen LogP contribution is -2.18. The first-order valence-electron chi connectivity index (χ1n) is 2.57. The third kappa shape index (κ3) is 1.75. The maximum atomic E-state index is 10.3. The lowest BCUT2D eigenvalue weighted by atomic mass is 10.4. The van der Waals surface area contributed by atoms with Crippen LogP contribution in [-0.2, 0) is 0 Å². The monoisotopic (exact) mass is 141 g/mol. The molecule has 0 fully saturated rings. The third-order valence-corrected chi connectivity index (χ3v) is 1.81. The molecule has 0 radical (unpaired) electrons. The second kappa shape index (κ2) is 2.92. The van der Waals surface area contributed by atoms with Crippen LogP contribution >= 0.6 is 8.38 Å².